The normalized spacial score (nSPS) is 10.7. The molecule has 0 bridgehead atoms. The van der Waals surface area contributed by atoms with Crippen LogP contribution in [-0.4, -0.2) is 80.0 Å². The van der Waals surface area contributed by atoms with Crippen LogP contribution in [0, 0.1) is 0 Å². The first-order valence-corrected chi connectivity index (χ1v) is 23.4. The minimum absolute atomic E-state index is 0. The first kappa shape index (κ1) is 54.7. The van der Waals surface area contributed by atoms with Crippen molar-refractivity contribution in [1.29, 1.82) is 0 Å². The molecule has 2 aliphatic heterocycles. The third kappa shape index (κ3) is 11.0. The second-order valence-electron chi connectivity index (χ2n) is 16.1. The van der Waals surface area contributed by atoms with Gasteiger partial charge in [-0.2, -0.15) is 0 Å². The van der Waals surface area contributed by atoms with Crippen LogP contribution in [0.3, 0.4) is 0 Å². The summed E-state index contributed by atoms with van der Waals surface area (Å²) in [6.07, 6.45) is 0. The zero-order chi connectivity index (χ0) is 47.1. The van der Waals surface area contributed by atoms with Gasteiger partial charge >= 0.3 is 11.9 Å². The molecule has 0 aromatic heterocycles. The van der Waals surface area contributed by atoms with Gasteiger partial charge in [0, 0.05) is 94.8 Å². The van der Waals surface area contributed by atoms with Gasteiger partial charge in [0.1, 0.15) is 48.9 Å². The topological polar surface area (TPSA) is 145 Å². The number of carbonyl (C=O) groups is 2. The molecular formula is C57H68ClN4O7+. The lowest BCUT2D eigenvalue weighted by molar-refractivity contribution is -0.0000459. The Bertz CT molecular complexity index is 2910. The van der Waals surface area contributed by atoms with Gasteiger partial charge in [-0.05, 0) is 115 Å². The Morgan fingerprint density at radius 3 is 1.14 bits per heavy atom. The summed E-state index contributed by atoms with van der Waals surface area (Å²) >= 11 is 0. The minimum atomic E-state index is -0.938. The average molecular weight is 957 g/mol. The SMILES string of the molecule is C.CCN(CC)c1ccc2c(-c3ccccc3C(=O)O)c3ccc(=[N+](CC)CC)cc-3oc2c1.CCN(CC)c1ccc2c(-c3ccccc3C(=O)O)c3ccc(=[N+](CC)CC)cc-3oc2c1.O.[Cl-]. The van der Waals surface area contributed by atoms with Gasteiger partial charge < -0.3 is 46.7 Å². The number of hydrogen-bond donors (Lipinski definition) is 2. The van der Waals surface area contributed by atoms with Gasteiger partial charge in [-0.3, -0.25) is 0 Å². The molecule has 0 unspecified atom stereocenters. The van der Waals surface area contributed by atoms with Crippen molar-refractivity contribution in [3.05, 3.63) is 143 Å². The van der Waals surface area contributed by atoms with Crippen molar-refractivity contribution in [1.82, 2.24) is 9.15 Å². The molecule has 12 heteroatoms. The molecular weight excluding hydrogens is 888 g/mol. The summed E-state index contributed by atoms with van der Waals surface area (Å²) in [4.78, 5) is 28.7. The second kappa shape index (κ2) is 24.4. The van der Waals surface area contributed by atoms with E-state index in [-0.39, 0.29) is 36.4 Å². The van der Waals surface area contributed by atoms with E-state index in [1.54, 1.807) is 24.3 Å². The number of hydrogen-bond acceptors (Lipinski definition) is 6. The number of aromatic carboxylic acids is 2. The number of halogens is 1. The smallest absolute Gasteiger partial charge is 0.336 e. The molecule has 0 spiro atoms. The largest absolute Gasteiger partial charge is 1.00 e. The van der Waals surface area contributed by atoms with E-state index < -0.39 is 11.9 Å². The molecule has 4 aromatic rings. The maximum atomic E-state index is 12.1. The molecule has 8 rings (SSSR count). The van der Waals surface area contributed by atoms with Gasteiger partial charge in [0.15, 0.2) is 0 Å². The standard InChI is InChI=1S/2C28H30N2O3.CH4.ClH.H2O/c2*1-5-29(6-2)19-13-15-23-25(17-19)33-26-18-20(30(7-3)8-4)14-16-24(26)27(23)21-11-9-10-12-22(21)28(31)32;;;/h2*9-18H,5-8H2,1-4H3;1H4;1H;1H2/p+1. The molecule has 0 radical (unpaired) electrons. The van der Waals surface area contributed by atoms with Crippen molar-refractivity contribution in [2.45, 2.75) is 62.8 Å². The van der Waals surface area contributed by atoms with E-state index in [4.69, 9.17) is 8.83 Å². The highest BCUT2D eigenvalue weighted by Gasteiger charge is 2.24. The fourth-order valence-corrected chi connectivity index (χ4v) is 9.23. The molecule has 0 saturated heterocycles. The summed E-state index contributed by atoms with van der Waals surface area (Å²) < 4.78 is 17.5. The number of rotatable bonds is 14. The molecule has 0 fully saturated rings. The Kier molecular flexibility index (Phi) is 19.3. The third-order valence-corrected chi connectivity index (χ3v) is 12.7. The number of carboxylic acids is 2. The van der Waals surface area contributed by atoms with Gasteiger partial charge in [0.2, 0.25) is 10.7 Å². The Morgan fingerprint density at radius 2 is 0.826 bits per heavy atom. The molecule has 2 heterocycles. The molecule has 69 heavy (non-hydrogen) atoms. The summed E-state index contributed by atoms with van der Waals surface area (Å²) in [5, 5.41) is 23.8. The monoisotopic (exact) mass is 955 g/mol. The van der Waals surface area contributed by atoms with Crippen molar-refractivity contribution in [2.24, 2.45) is 0 Å². The van der Waals surface area contributed by atoms with Gasteiger partial charge in [-0.15, -0.1) is 0 Å². The van der Waals surface area contributed by atoms with Crippen LogP contribution in [0.25, 0.3) is 66.8 Å². The van der Waals surface area contributed by atoms with Crippen LogP contribution in [0.1, 0.15) is 83.5 Å². The lowest BCUT2D eigenvalue weighted by atomic mass is 9.90. The molecule has 0 amide bonds. The van der Waals surface area contributed by atoms with Crippen molar-refractivity contribution < 1.29 is 46.5 Å². The summed E-state index contributed by atoms with van der Waals surface area (Å²) in [5.74, 6) is -0.378. The molecule has 0 atom stereocenters. The zero-order valence-corrected chi connectivity index (χ0v) is 41.2. The average Bonchev–Trinajstić information content (AvgIpc) is 3.34. The highest BCUT2D eigenvalue weighted by Crippen LogP contribution is 2.43. The Hall–Kier alpha value is -6.95. The maximum absolute atomic E-state index is 12.1. The minimum Gasteiger partial charge on any atom is -1.00 e. The van der Waals surface area contributed by atoms with Gasteiger partial charge in [-0.1, -0.05) is 43.8 Å². The fraction of sp³-hybridized carbons (Fsp3) is 0.298. The van der Waals surface area contributed by atoms with Crippen LogP contribution in [0.15, 0.2) is 130 Å². The van der Waals surface area contributed by atoms with Crippen molar-refractivity contribution >= 4 is 45.3 Å². The number of benzene rings is 6. The van der Waals surface area contributed by atoms with Crippen LogP contribution < -0.4 is 42.1 Å². The summed E-state index contributed by atoms with van der Waals surface area (Å²) in [7, 11) is 0. The molecule has 4 aromatic carbocycles. The van der Waals surface area contributed by atoms with Crippen LogP contribution in [0.5, 0.6) is 0 Å². The highest BCUT2D eigenvalue weighted by molar-refractivity contribution is 6.09. The Labute approximate surface area is 412 Å². The fourth-order valence-electron chi connectivity index (χ4n) is 9.23. The second-order valence-corrected chi connectivity index (χ2v) is 16.1. The first-order chi connectivity index (χ1) is 32.0. The van der Waals surface area contributed by atoms with E-state index in [2.05, 4.69) is 147 Å². The summed E-state index contributed by atoms with van der Waals surface area (Å²) in [5.41, 5.74) is 9.23. The highest BCUT2D eigenvalue weighted by atomic mass is 35.5. The van der Waals surface area contributed by atoms with Gasteiger partial charge in [0.05, 0.1) is 23.3 Å². The van der Waals surface area contributed by atoms with E-state index in [0.29, 0.717) is 11.1 Å². The number of nitrogens with zero attached hydrogens (tertiary/aromatic N) is 4. The molecule has 11 nitrogen and oxygen atoms in total. The molecule has 364 valence electrons. The Balaban J connectivity index is 0.000000288. The molecule has 0 saturated carbocycles. The number of carboxylic acid groups (broad SMARTS) is 2. The van der Waals surface area contributed by atoms with E-state index >= 15 is 0 Å². The molecule has 4 N–H and O–H groups in total. The van der Waals surface area contributed by atoms with E-state index in [9.17, 15) is 19.8 Å². The van der Waals surface area contributed by atoms with Crippen molar-refractivity contribution in [3.8, 4) is 44.9 Å². The molecule has 2 aliphatic carbocycles. The Morgan fingerprint density at radius 1 is 0.478 bits per heavy atom. The van der Waals surface area contributed by atoms with Crippen molar-refractivity contribution in [2.75, 3.05) is 62.2 Å². The zero-order valence-electron chi connectivity index (χ0n) is 40.4. The van der Waals surface area contributed by atoms with Crippen LogP contribution in [-0.2, 0) is 0 Å². The summed E-state index contributed by atoms with van der Waals surface area (Å²) in [6, 6.07) is 39.2. The van der Waals surface area contributed by atoms with E-state index in [1.165, 1.54) is 0 Å². The number of anilines is 2. The van der Waals surface area contributed by atoms with Gasteiger partial charge in [-0.25, -0.2) is 18.7 Å². The predicted molar refractivity (Wildman–Crippen MR) is 281 cm³/mol. The number of fused-ring (bicyclic) bond motifs is 4. The van der Waals surface area contributed by atoms with Crippen molar-refractivity contribution in [3.63, 3.8) is 0 Å². The molecule has 4 aliphatic rings. The summed E-state index contributed by atoms with van der Waals surface area (Å²) in [6.45, 7) is 24.3. The van der Waals surface area contributed by atoms with Crippen LogP contribution in [0.2, 0.25) is 0 Å². The van der Waals surface area contributed by atoms with Crippen LogP contribution >= 0.6 is 0 Å². The predicted octanol–water partition coefficient (Wildman–Crippen LogP) is 7.94. The van der Waals surface area contributed by atoms with Gasteiger partial charge in [0.25, 0.3) is 0 Å². The van der Waals surface area contributed by atoms with E-state index in [1.807, 2.05) is 24.3 Å². The lowest BCUT2D eigenvalue weighted by Gasteiger charge is -2.22. The maximum Gasteiger partial charge on any atom is 0.336 e. The quantitative estimate of drug-likeness (QED) is 0.0827. The third-order valence-electron chi connectivity index (χ3n) is 12.7. The first-order valence-electron chi connectivity index (χ1n) is 23.4. The van der Waals surface area contributed by atoms with Crippen LogP contribution in [0.4, 0.5) is 11.4 Å². The van der Waals surface area contributed by atoms with E-state index in [0.717, 1.165) is 130 Å². The lowest BCUT2D eigenvalue weighted by Crippen LogP contribution is -3.00.